The largest absolute Gasteiger partial charge is 0.381 e. The van der Waals surface area contributed by atoms with Crippen LogP contribution in [0.2, 0.25) is 0 Å². The third kappa shape index (κ3) is 2.23. The van der Waals surface area contributed by atoms with Crippen LogP contribution in [0.3, 0.4) is 0 Å². The van der Waals surface area contributed by atoms with E-state index in [1.807, 2.05) is 0 Å². The average Bonchev–Trinajstić information content (AvgIpc) is 2.89. The molecule has 0 amide bonds. The zero-order valence-electron chi connectivity index (χ0n) is 9.05. The second-order valence-corrected chi connectivity index (χ2v) is 5.62. The molecule has 2 fully saturated rings. The molecule has 0 bridgehead atoms. The lowest BCUT2D eigenvalue weighted by molar-refractivity contribution is 0.0360. The van der Waals surface area contributed by atoms with Crippen molar-refractivity contribution in [3.8, 4) is 0 Å². The van der Waals surface area contributed by atoms with Gasteiger partial charge < -0.3 is 10.1 Å². The van der Waals surface area contributed by atoms with Gasteiger partial charge in [0.05, 0.1) is 11.5 Å². The molecular formula is C11H20ClNO. The second-order valence-electron chi connectivity index (χ2n) is 4.87. The van der Waals surface area contributed by atoms with E-state index in [9.17, 15) is 0 Å². The van der Waals surface area contributed by atoms with Gasteiger partial charge in [-0.3, -0.25) is 0 Å². The number of nitrogens with one attached hydrogen (secondary N) is 1. The van der Waals surface area contributed by atoms with Gasteiger partial charge in [-0.15, -0.1) is 11.6 Å². The summed E-state index contributed by atoms with van der Waals surface area (Å²) >= 11 is 6.37. The molecule has 0 aromatic heterocycles. The maximum atomic E-state index is 6.37. The Morgan fingerprint density at radius 3 is 2.79 bits per heavy atom. The maximum absolute atomic E-state index is 6.37. The van der Waals surface area contributed by atoms with Gasteiger partial charge in [-0.2, -0.15) is 0 Å². The van der Waals surface area contributed by atoms with Crippen molar-refractivity contribution in [2.45, 2.75) is 50.1 Å². The molecule has 3 unspecified atom stereocenters. The quantitative estimate of drug-likeness (QED) is 0.732. The predicted molar refractivity (Wildman–Crippen MR) is 58.8 cm³/mol. The Morgan fingerprint density at radius 1 is 1.50 bits per heavy atom. The number of rotatable bonds is 3. The summed E-state index contributed by atoms with van der Waals surface area (Å²) in [5, 5.41) is 3.66. The highest BCUT2D eigenvalue weighted by Crippen LogP contribution is 2.45. The first-order chi connectivity index (χ1) is 6.62. The smallest absolute Gasteiger partial charge is 0.0598 e. The van der Waals surface area contributed by atoms with Gasteiger partial charge in [0.2, 0.25) is 0 Å². The predicted octanol–water partition coefficient (Wildman–Crippen LogP) is 2.16. The van der Waals surface area contributed by atoms with E-state index in [4.69, 9.17) is 16.3 Å². The minimum absolute atomic E-state index is 0.0675. The van der Waals surface area contributed by atoms with Gasteiger partial charge >= 0.3 is 0 Å². The van der Waals surface area contributed by atoms with Gasteiger partial charge in [-0.1, -0.05) is 6.92 Å². The summed E-state index contributed by atoms with van der Waals surface area (Å²) in [6.45, 7) is 6.24. The van der Waals surface area contributed by atoms with Crippen molar-refractivity contribution in [3.63, 3.8) is 0 Å². The van der Waals surface area contributed by atoms with E-state index in [1.54, 1.807) is 0 Å². The van der Waals surface area contributed by atoms with Crippen molar-refractivity contribution in [3.05, 3.63) is 0 Å². The highest BCUT2D eigenvalue weighted by Gasteiger charge is 2.46. The first-order valence-electron chi connectivity index (χ1n) is 5.64. The van der Waals surface area contributed by atoms with Crippen molar-refractivity contribution in [1.82, 2.24) is 5.32 Å². The average molecular weight is 218 g/mol. The van der Waals surface area contributed by atoms with Crippen LogP contribution in [0.25, 0.3) is 0 Å². The number of hydrogen-bond donors (Lipinski definition) is 1. The summed E-state index contributed by atoms with van der Waals surface area (Å²) < 4.78 is 5.42. The van der Waals surface area contributed by atoms with E-state index >= 15 is 0 Å². The van der Waals surface area contributed by atoms with E-state index in [0.29, 0.717) is 18.0 Å². The molecule has 82 valence electrons. The van der Waals surface area contributed by atoms with Gasteiger partial charge in [0.1, 0.15) is 0 Å². The minimum atomic E-state index is 0.0675. The molecule has 1 saturated carbocycles. The first-order valence-corrected chi connectivity index (χ1v) is 6.02. The number of hydrogen-bond acceptors (Lipinski definition) is 2. The monoisotopic (exact) mass is 217 g/mol. The van der Waals surface area contributed by atoms with Gasteiger partial charge in [0.25, 0.3) is 0 Å². The van der Waals surface area contributed by atoms with E-state index in [0.717, 1.165) is 19.6 Å². The van der Waals surface area contributed by atoms with Crippen molar-refractivity contribution < 1.29 is 4.74 Å². The van der Waals surface area contributed by atoms with Crippen LogP contribution in [-0.2, 0) is 4.74 Å². The maximum Gasteiger partial charge on any atom is 0.0598 e. The molecule has 3 atom stereocenters. The molecule has 0 aromatic carbocycles. The summed E-state index contributed by atoms with van der Waals surface area (Å²) in [7, 11) is 0. The molecule has 0 aromatic rings. The molecule has 3 heteroatoms. The zero-order chi connectivity index (χ0) is 10.2. The standard InChI is InChI=1S/C11H20ClNO/c1-8-7-14-6-3-10(8)13-9(2)11(12)4-5-11/h8-10,13H,3-7H2,1-2H3. The molecular weight excluding hydrogens is 198 g/mol. The van der Waals surface area contributed by atoms with E-state index < -0.39 is 0 Å². The summed E-state index contributed by atoms with van der Waals surface area (Å²) in [6.07, 6.45) is 3.46. The molecule has 1 heterocycles. The SMILES string of the molecule is CC1COCCC1NC(C)C1(Cl)CC1. The first kappa shape index (κ1) is 10.7. The Hall–Kier alpha value is 0.210. The van der Waals surface area contributed by atoms with Crippen molar-refractivity contribution >= 4 is 11.6 Å². The molecule has 2 aliphatic rings. The second kappa shape index (κ2) is 3.99. The minimum Gasteiger partial charge on any atom is -0.381 e. The highest BCUT2D eigenvalue weighted by molar-refractivity contribution is 6.26. The van der Waals surface area contributed by atoms with Crippen LogP contribution in [-0.4, -0.2) is 30.2 Å². The molecule has 1 N–H and O–H groups in total. The normalized spacial score (nSPS) is 37.9. The lowest BCUT2D eigenvalue weighted by atomic mass is 9.96. The fraction of sp³-hybridized carbons (Fsp3) is 1.00. The van der Waals surface area contributed by atoms with E-state index in [2.05, 4.69) is 19.2 Å². The molecule has 0 radical (unpaired) electrons. The molecule has 1 saturated heterocycles. The number of halogens is 1. The van der Waals surface area contributed by atoms with Crippen LogP contribution in [0.4, 0.5) is 0 Å². The van der Waals surface area contributed by atoms with Crippen LogP contribution in [0.15, 0.2) is 0 Å². The van der Waals surface area contributed by atoms with E-state index in [1.165, 1.54) is 12.8 Å². The summed E-state index contributed by atoms with van der Waals surface area (Å²) in [5.41, 5.74) is 0. The number of alkyl halides is 1. The summed E-state index contributed by atoms with van der Waals surface area (Å²) in [4.78, 5) is 0.0675. The Bertz CT molecular complexity index is 205. The fourth-order valence-corrected chi connectivity index (χ4v) is 2.31. The zero-order valence-corrected chi connectivity index (χ0v) is 9.81. The van der Waals surface area contributed by atoms with Crippen molar-refractivity contribution in [2.24, 2.45) is 5.92 Å². The lowest BCUT2D eigenvalue weighted by Gasteiger charge is -2.33. The lowest BCUT2D eigenvalue weighted by Crippen LogP contribution is -2.48. The molecule has 1 aliphatic carbocycles. The van der Waals surface area contributed by atoms with Crippen LogP contribution < -0.4 is 5.32 Å². The topological polar surface area (TPSA) is 21.3 Å². The fourth-order valence-electron chi connectivity index (χ4n) is 2.15. The van der Waals surface area contributed by atoms with Crippen LogP contribution in [0, 0.1) is 5.92 Å². The Morgan fingerprint density at radius 2 is 2.21 bits per heavy atom. The third-order valence-electron chi connectivity index (χ3n) is 3.61. The highest BCUT2D eigenvalue weighted by atomic mass is 35.5. The van der Waals surface area contributed by atoms with Crippen LogP contribution in [0.1, 0.15) is 33.1 Å². The van der Waals surface area contributed by atoms with Gasteiger partial charge in [-0.05, 0) is 32.1 Å². The van der Waals surface area contributed by atoms with Crippen molar-refractivity contribution in [2.75, 3.05) is 13.2 Å². The van der Waals surface area contributed by atoms with Gasteiger partial charge in [0, 0.05) is 18.7 Å². The molecule has 14 heavy (non-hydrogen) atoms. The Balaban J connectivity index is 1.83. The molecule has 0 spiro atoms. The van der Waals surface area contributed by atoms with Crippen LogP contribution >= 0.6 is 11.6 Å². The number of ether oxygens (including phenoxy) is 1. The Labute approximate surface area is 91.3 Å². The van der Waals surface area contributed by atoms with Crippen molar-refractivity contribution in [1.29, 1.82) is 0 Å². The van der Waals surface area contributed by atoms with Gasteiger partial charge in [-0.25, -0.2) is 0 Å². The molecule has 1 aliphatic heterocycles. The summed E-state index contributed by atoms with van der Waals surface area (Å²) in [5.74, 6) is 0.616. The summed E-state index contributed by atoms with van der Waals surface area (Å²) in [6, 6.07) is 1.03. The molecule has 2 rings (SSSR count). The van der Waals surface area contributed by atoms with Gasteiger partial charge in [0.15, 0.2) is 0 Å². The molecule has 2 nitrogen and oxygen atoms in total. The van der Waals surface area contributed by atoms with Crippen LogP contribution in [0.5, 0.6) is 0 Å². The van der Waals surface area contributed by atoms with E-state index in [-0.39, 0.29) is 4.87 Å². The third-order valence-corrected chi connectivity index (χ3v) is 4.31. The Kier molecular flexibility index (Phi) is 3.06.